The molecule has 1 heterocycles. The van der Waals surface area contributed by atoms with Gasteiger partial charge < -0.3 is 14.6 Å². The van der Waals surface area contributed by atoms with Crippen molar-refractivity contribution < 1.29 is 9.53 Å². The molecule has 1 amide bonds. The first kappa shape index (κ1) is 36.3. The fourth-order valence-corrected chi connectivity index (χ4v) is 7.16. The first-order chi connectivity index (χ1) is 22.1. The number of amides is 1. The summed E-state index contributed by atoms with van der Waals surface area (Å²) in [5.41, 5.74) is 3.19. The van der Waals surface area contributed by atoms with Crippen LogP contribution in [0.2, 0.25) is 10.0 Å². The topological polar surface area (TPSA) is 56.2 Å². The molecule has 0 unspecified atom stereocenters. The second-order valence-electron chi connectivity index (χ2n) is 14.3. The number of nitrogens with zero attached hydrogens (tertiary/aromatic N) is 2. The Kier molecular flexibility index (Phi) is 13.9. The summed E-state index contributed by atoms with van der Waals surface area (Å²) in [4.78, 5) is 18.8. The van der Waals surface area contributed by atoms with Crippen LogP contribution in [0.3, 0.4) is 0 Å². The van der Waals surface area contributed by atoms with Gasteiger partial charge in [-0.1, -0.05) is 95.6 Å². The Labute approximate surface area is 287 Å². The summed E-state index contributed by atoms with van der Waals surface area (Å²) >= 11 is 12.9. The van der Waals surface area contributed by atoms with Crippen molar-refractivity contribution in [1.82, 2.24) is 14.9 Å². The lowest BCUT2D eigenvalue weighted by Gasteiger charge is -2.36. The average Bonchev–Trinajstić information content (AvgIpc) is 3.45. The smallest absolute Gasteiger partial charge is 0.223 e. The maximum absolute atomic E-state index is 13.6. The Morgan fingerprint density at radius 3 is 2.35 bits per heavy atom. The molecule has 0 radical (unpaired) electrons. The summed E-state index contributed by atoms with van der Waals surface area (Å²) in [5.74, 6) is 2.81. The van der Waals surface area contributed by atoms with Crippen LogP contribution in [0, 0.1) is 17.3 Å². The lowest BCUT2D eigenvalue weighted by Crippen LogP contribution is -2.38. The SMILES string of the molecule is CCCCCCn1cc(-c2ccc(Cl)cc2Cl)nc1[C@@H](CNC(=O)C1CCC(C(C)(C)C)CC1)Cc1ccc(OCCCC)cc1. The van der Waals surface area contributed by atoms with Crippen LogP contribution in [0.25, 0.3) is 11.3 Å². The first-order valence-corrected chi connectivity index (χ1v) is 18.4. The van der Waals surface area contributed by atoms with Crippen molar-refractivity contribution in [3.63, 3.8) is 0 Å². The molecule has 1 atom stereocenters. The fraction of sp³-hybridized carbons (Fsp3) is 0.590. The van der Waals surface area contributed by atoms with Crippen molar-refractivity contribution >= 4 is 29.1 Å². The monoisotopic (exact) mass is 667 g/mol. The van der Waals surface area contributed by atoms with E-state index in [1.807, 2.05) is 12.1 Å². The largest absolute Gasteiger partial charge is 0.494 e. The van der Waals surface area contributed by atoms with Gasteiger partial charge in [-0.25, -0.2) is 4.98 Å². The number of nitrogens with one attached hydrogen (secondary N) is 1. The van der Waals surface area contributed by atoms with Gasteiger partial charge in [-0.15, -0.1) is 0 Å². The second-order valence-corrected chi connectivity index (χ2v) is 15.1. The molecule has 3 aromatic rings. The Bertz CT molecular complexity index is 1370. The van der Waals surface area contributed by atoms with Crippen molar-refractivity contribution in [3.05, 3.63) is 70.1 Å². The third kappa shape index (κ3) is 10.5. The maximum atomic E-state index is 13.6. The van der Waals surface area contributed by atoms with E-state index in [1.165, 1.54) is 24.8 Å². The minimum absolute atomic E-state index is 0.00674. The van der Waals surface area contributed by atoms with E-state index in [0.29, 0.717) is 27.9 Å². The number of rotatable bonds is 16. The quantitative estimate of drug-likeness (QED) is 0.155. The number of ether oxygens (including phenoxy) is 1. The van der Waals surface area contributed by atoms with Gasteiger partial charge in [0, 0.05) is 41.7 Å². The van der Waals surface area contributed by atoms with Gasteiger partial charge in [0.1, 0.15) is 11.6 Å². The molecule has 1 aliphatic carbocycles. The summed E-state index contributed by atoms with van der Waals surface area (Å²) in [7, 11) is 0. The van der Waals surface area contributed by atoms with Crippen LogP contribution in [-0.4, -0.2) is 28.6 Å². The molecule has 252 valence electrons. The summed E-state index contributed by atoms with van der Waals surface area (Å²) in [5, 5.41) is 4.57. The number of benzene rings is 2. The summed E-state index contributed by atoms with van der Waals surface area (Å²) in [6, 6.07) is 14.0. The molecule has 4 rings (SSSR count). The number of unbranched alkanes of at least 4 members (excludes halogenated alkanes) is 4. The van der Waals surface area contributed by atoms with Crippen molar-refractivity contribution in [3.8, 4) is 17.0 Å². The van der Waals surface area contributed by atoms with Crippen LogP contribution < -0.4 is 10.1 Å². The highest BCUT2D eigenvalue weighted by Crippen LogP contribution is 2.40. The highest BCUT2D eigenvalue weighted by atomic mass is 35.5. The predicted molar refractivity (Wildman–Crippen MR) is 193 cm³/mol. The van der Waals surface area contributed by atoms with E-state index in [2.05, 4.69) is 75.0 Å². The molecule has 0 bridgehead atoms. The molecule has 5 nitrogen and oxygen atoms in total. The zero-order chi connectivity index (χ0) is 33.1. The van der Waals surface area contributed by atoms with Crippen LogP contribution in [-0.2, 0) is 17.8 Å². The lowest BCUT2D eigenvalue weighted by molar-refractivity contribution is -0.126. The van der Waals surface area contributed by atoms with Crippen LogP contribution in [0.15, 0.2) is 48.7 Å². The van der Waals surface area contributed by atoms with Gasteiger partial charge in [-0.2, -0.15) is 0 Å². The molecule has 0 aliphatic heterocycles. The van der Waals surface area contributed by atoms with Gasteiger partial charge >= 0.3 is 0 Å². The molecule has 46 heavy (non-hydrogen) atoms. The molecular weight excluding hydrogens is 613 g/mol. The van der Waals surface area contributed by atoms with Gasteiger partial charge in [-0.3, -0.25) is 4.79 Å². The molecule has 0 spiro atoms. The van der Waals surface area contributed by atoms with Crippen LogP contribution in [0.1, 0.15) is 116 Å². The number of imidazole rings is 1. The van der Waals surface area contributed by atoms with Crippen LogP contribution >= 0.6 is 23.2 Å². The molecule has 1 aliphatic rings. The van der Waals surface area contributed by atoms with Crippen molar-refractivity contribution in [2.75, 3.05) is 13.2 Å². The third-order valence-electron chi connectivity index (χ3n) is 9.65. The first-order valence-electron chi connectivity index (χ1n) is 17.6. The number of aryl methyl sites for hydroxylation is 1. The number of aromatic nitrogens is 2. The van der Waals surface area contributed by atoms with E-state index in [-0.39, 0.29) is 17.7 Å². The maximum Gasteiger partial charge on any atom is 0.223 e. The minimum atomic E-state index is -0.00674. The van der Waals surface area contributed by atoms with Crippen molar-refractivity contribution in [2.24, 2.45) is 17.3 Å². The van der Waals surface area contributed by atoms with Gasteiger partial charge in [0.25, 0.3) is 0 Å². The molecule has 1 aromatic heterocycles. The highest BCUT2D eigenvalue weighted by molar-refractivity contribution is 6.36. The van der Waals surface area contributed by atoms with Crippen LogP contribution in [0.5, 0.6) is 5.75 Å². The number of hydrogen-bond acceptors (Lipinski definition) is 3. The summed E-state index contributed by atoms with van der Waals surface area (Å²) in [6.45, 7) is 13.5. The molecule has 1 N–H and O–H groups in total. The van der Waals surface area contributed by atoms with Gasteiger partial charge in [-0.05, 0) is 92.2 Å². The number of carbonyl (C=O) groups excluding carboxylic acids is 1. The summed E-state index contributed by atoms with van der Waals surface area (Å²) in [6.07, 6.45) is 13.8. The Morgan fingerprint density at radius 1 is 0.978 bits per heavy atom. The van der Waals surface area contributed by atoms with E-state index in [0.717, 1.165) is 87.3 Å². The molecule has 7 heteroatoms. The van der Waals surface area contributed by atoms with E-state index >= 15 is 0 Å². The molecule has 1 fully saturated rings. The second kappa shape index (κ2) is 17.6. The molecule has 2 aromatic carbocycles. The van der Waals surface area contributed by atoms with E-state index < -0.39 is 0 Å². The Morgan fingerprint density at radius 2 is 1.70 bits per heavy atom. The van der Waals surface area contributed by atoms with Gasteiger partial charge in [0.15, 0.2) is 0 Å². The average molecular weight is 669 g/mol. The normalized spacial score (nSPS) is 17.5. The zero-order valence-electron chi connectivity index (χ0n) is 28.7. The Balaban J connectivity index is 1.59. The van der Waals surface area contributed by atoms with E-state index in [4.69, 9.17) is 32.9 Å². The van der Waals surface area contributed by atoms with Gasteiger partial charge in [0.05, 0.1) is 17.3 Å². The molecular formula is C39H55Cl2N3O2. The number of hydrogen-bond donors (Lipinski definition) is 1. The molecule has 1 saturated carbocycles. The Hall–Kier alpha value is -2.50. The third-order valence-corrected chi connectivity index (χ3v) is 10.2. The number of halogens is 2. The number of carbonyl (C=O) groups is 1. The summed E-state index contributed by atoms with van der Waals surface area (Å²) < 4.78 is 8.22. The molecule has 0 saturated heterocycles. The van der Waals surface area contributed by atoms with E-state index in [1.54, 1.807) is 6.07 Å². The van der Waals surface area contributed by atoms with Crippen LogP contribution in [0.4, 0.5) is 0 Å². The zero-order valence-corrected chi connectivity index (χ0v) is 30.2. The van der Waals surface area contributed by atoms with E-state index in [9.17, 15) is 4.79 Å². The highest BCUT2D eigenvalue weighted by Gasteiger charge is 2.33. The van der Waals surface area contributed by atoms with Crippen molar-refractivity contribution in [1.29, 1.82) is 0 Å². The predicted octanol–water partition coefficient (Wildman–Crippen LogP) is 10.9. The minimum Gasteiger partial charge on any atom is -0.494 e. The fourth-order valence-electron chi connectivity index (χ4n) is 6.66. The van der Waals surface area contributed by atoms with Gasteiger partial charge in [0.2, 0.25) is 5.91 Å². The van der Waals surface area contributed by atoms with Crippen molar-refractivity contribution in [2.45, 2.75) is 118 Å². The standard InChI is InChI=1S/C39H55Cl2N3O2/c1-6-8-10-11-22-44-27-36(34-21-18-32(40)25-35(34)41)43-37(44)30(24-28-12-19-33(20-13-28)46-23-9-7-2)26-42-38(45)29-14-16-31(17-15-29)39(3,4)5/h12-13,18-21,25,27,29-31H,6-11,14-17,22-24,26H2,1-5H3,(H,42,45)/t29?,30-,31?/m1/s1. The lowest BCUT2D eigenvalue weighted by atomic mass is 9.69.